The number of hydrogen-bond acceptors (Lipinski definition) is 3. The van der Waals surface area contributed by atoms with Gasteiger partial charge in [0.1, 0.15) is 6.04 Å². The largest absolute Gasteiger partial charge is 0.467 e. The van der Waals surface area contributed by atoms with Crippen molar-refractivity contribution in [3.8, 4) is 0 Å². The van der Waals surface area contributed by atoms with Crippen molar-refractivity contribution in [1.29, 1.82) is 0 Å². The third kappa shape index (κ3) is 3.26. The molecule has 0 radical (unpaired) electrons. The summed E-state index contributed by atoms with van der Waals surface area (Å²) in [6, 6.07) is 5.88. The van der Waals surface area contributed by atoms with E-state index < -0.39 is 0 Å². The first kappa shape index (κ1) is 12.6. The molecule has 3 nitrogen and oxygen atoms in total. The maximum Gasteiger partial charge on any atom is 0.328 e. The molecule has 0 fully saturated rings. The molecule has 88 valence electrons. The molecule has 0 heterocycles. The van der Waals surface area contributed by atoms with Gasteiger partial charge in [-0.2, -0.15) is 0 Å². The molecule has 0 spiro atoms. The van der Waals surface area contributed by atoms with E-state index in [9.17, 15) is 4.79 Å². The lowest BCUT2D eigenvalue weighted by atomic mass is 10.1. The number of benzene rings is 1. The predicted molar refractivity (Wildman–Crippen MR) is 65.6 cm³/mol. The maximum atomic E-state index is 11.4. The van der Waals surface area contributed by atoms with Crippen LogP contribution in [0.15, 0.2) is 18.2 Å². The molecule has 1 aromatic rings. The Kier molecular flexibility index (Phi) is 4.35. The van der Waals surface area contributed by atoms with Gasteiger partial charge in [-0.1, -0.05) is 13.0 Å². The Morgan fingerprint density at radius 3 is 2.31 bits per heavy atom. The van der Waals surface area contributed by atoms with Gasteiger partial charge in [-0.25, -0.2) is 4.79 Å². The summed E-state index contributed by atoms with van der Waals surface area (Å²) in [6.45, 7) is 6.03. The van der Waals surface area contributed by atoms with E-state index in [4.69, 9.17) is 4.74 Å². The SMILES string of the molecule is CCC(Nc1cc(C)cc(C)c1)C(=O)OC. The second-order valence-electron chi connectivity index (χ2n) is 4.00. The van der Waals surface area contributed by atoms with E-state index in [0.717, 1.165) is 5.69 Å². The minimum atomic E-state index is -0.272. The van der Waals surface area contributed by atoms with Gasteiger partial charge in [0.15, 0.2) is 0 Å². The van der Waals surface area contributed by atoms with Gasteiger partial charge in [0.05, 0.1) is 7.11 Å². The molecule has 1 aromatic carbocycles. The van der Waals surface area contributed by atoms with Crippen molar-refractivity contribution in [2.75, 3.05) is 12.4 Å². The average Bonchev–Trinajstić information content (AvgIpc) is 2.23. The van der Waals surface area contributed by atoms with Crippen LogP contribution < -0.4 is 5.32 Å². The van der Waals surface area contributed by atoms with Crippen LogP contribution in [0.1, 0.15) is 24.5 Å². The van der Waals surface area contributed by atoms with Gasteiger partial charge in [0.2, 0.25) is 0 Å². The quantitative estimate of drug-likeness (QED) is 0.794. The normalized spacial score (nSPS) is 12.0. The number of carbonyl (C=O) groups excluding carboxylic acids is 1. The molecule has 1 unspecified atom stereocenters. The second kappa shape index (κ2) is 5.54. The molecule has 0 amide bonds. The van der Waals surface area contributed by atoms with Gasteiger partial charge in [-0.3, -0.25) is 0 Å². The Labute approximate surface area is 96.8 Å². The summed E-state index contributed by atoms with van der Waals surface area (Å²) >= 11 is 0. The predicted octanol–water partition coefficient (Wildman–Crippen LogP) is 2.67. The van der Waals surface area contributed by atoms with E-state index in [1.54, 1.807) is 0 Å². The number of rotatable bonds is 4. The van der Waals surface area contributed by atoms with E-state index in [1.807, 2.05) is 32.9 Å². The van der Waals surface area contributed by atoms with E-state index in [-0.39, 0.29) is 12.0 Å². The molecule has 1 atom stereocenters. The van der Waals surface area contributed by atoms with Crippen molar-refractivity contribution in [2.45, 2.75) is 33.2 Å². The first-order valence-corrected chi connectivity index (χ1v) is 5.49. The number of hydrogen-bond donors (Lipinski definition) is 1. The summed E-state index contributed by atoms with van der Waals surface area (Å²) in [5.74, 6) is -0.221. The Morgan fingerprint density at radius 1 is 1.31 bits per heavy atom. The van der Waals surface area contributed by atoms with Gasteiger partial charge in [0, 0.05) is 5.69 Å². The topological polar surface area (TPSA) is 38.3 Å². The van der Waals surface area contributed by atoms with Gasteiger partial charge in [-0.05, 0) is 43.5 Å². The molecule has 0 aliphatic carbocycles. The van der Waals surface area contributed by atoms with Crippen molar-refractivity contribution in [3.63, 3.8) is 0 Å². The minimum Gasteiger partial charge on any atom is -0.467 e. The van der Waals surface area contributed by atoms with Gasteiger partial charge >= 0.3 is 5.97 Å². The lowest BCUT2D eigenvalue weighted by molar-refractivity contribution is -0.141. The van der Waals surface area contributed by atoms with Crippen molar-refractivity contribution in [1.82, 2.24) is 0 Å². The molecule has 0 aliphatic rings. The van der Waals surface area contributed by atoms with Gasteiger partial charge in [-0.15, -0.1) is 0 Å². The van der Waals surface area contributed by atoms with Crippen LogP contribution in [0.5, 0.6) is 0 Å². The number of methoxy groups -OCH3 is 1. The fraction of sp³-hybridized carbons (Fsp3) is 0.462. The third-order valence-electron chi connectivity index (χ3n) is 2.46. The molecule has 0 aromatic heterocycles. The number of carbonyl (C=O) groups is 1. The molecule has 1 N–H and O–H groups in total. The Morgan fingerprint density at radius 2 is 1.88 bits per heavy atom. The van der Waals surface area contributed by atoms with Crippen LogP contribution in [0.3, 0.4) is 0 Å². The zero-order chi connectivity index (χ0) is 12.1. The van der Waals surface area contributed by atoms with Crippen LogP contribution in [0.2, 0.25) is 0 Å². The first-order chi connectivity index (χ1) is 7.56. The number of ether oxygens (including phenoxy) is 1. The van der Waals surface area contributed by atoms with Crippen LogP contribution in [0, 0.1) is 13.8 Å². The maximum absolute atomic E-state index is 11.4. The summed E-state index contributed by atoms with van der Waals surface area (Å²) in [6.07, 6.45) is 0.708. The molecule has 16 heavy (non-hydrogen) atoms. The molecule has 1 rings (SSSR count). The molecular formula is C13H19NO2. The Hall–Kier alpha value is -1.51. The van der Waals surface area contributed by atoms with Crippen LogP contribution >= 0.6 is 0 Å². The van der Waals surface area contributed by atoms with Gasteiger partial charge < -0.3 is 10.1 Å². The lowest BCUT2D eigenvalue weighted by Crippen LogP contribution is -2.29. The van der Waals surface area contributed by atoms with Crippen molar-refractivity contribution >= 4 is 11.7 Å². The molecular weight excluding hydrogens is 202 g/mol. The van der Waals surface area contributed by atoms with E-state index >= 15 is 0 Å². The third-order valence-corrected chi connectivity index (χ3v) is 2.46. The Bertz CT molecular complexity index is 354. The lowest BCUT2D eigenvalue weighted by Gasteiger charge is -2.16. The first-order valence-electron chi connectivity index (χ1n) is 5.49. The van der Waals surface area contributed by atoms with E-state index in [2.05, 4.69) is 11.4 Å². The standard InChI is InChI=1S/C13H19NO2/c1-5-12(13(15)16-4)14-11-7-9(2)6-10(3)8-11/h6-8,12,14H,5H2,1-4H3. The number of aryl methyl sites for hydroxylation is 2. The summed E-state index contributed by atoms with van der Waals surface area (Å²) in [4.78, 5) is 11.4. The monoisotopic (exact) mass is 221 g/mol. The summed E-state index contributed by atoms with van der Waals surface area (Å²) in [7, 11) is 1.41. The van der Waals surface area contributed by atoms with Crippen LogP contribution in [-0.4, -0.2) is 19.1 Å². The summed E-state index contributed by atoms with van der Waals surface area (Å²) in [5, 5.41) is 3.19. The van der Waals surface area contributed by atoms with Crippen molar-refractivity contribution < 1.29 is 9.53 Å². The van der Waals surface area contributed by atoms with Crippen molar-refractivity contribution in [3.05, 3.63) is 29.3 Å². The molecule has 0 saturated carbocycles. The zero-order valence-corrected chi connectivity index (χ0v) is 10.3. The smallest absolute Gasteiger partial charge is 0.328 e. The Balaban J connectivity index is 2.81. The number of anilines is 1. The van der Waals surface area contributed by atoms with Gasteiger partial charge in [0.25, 0.3) is 0 Å². The fourth-order valence-electron chi connectivity index (χ4n) is 1.73. The molecule has 3 heteroatoms. The fourth-order valence-corrected chi connectivity index (χ4v) is 1.73. The molecule has 0 aliphatic heterocycles. The highest BCUT2D eigenvalue weighted by Crippen LogP contribution is 2.15. The molecule has 0 saturated heterocycles. The number of nitrogens with one attached hydrogen (secondary N) is 1. The minimum absolute atomic E-state index is 0.221. The highest BCUT2D eigenvalue weighted by atomic mass is 16.5. The van der Waals surface area contributed by atoms with Crippen LogP contribution in [0.4, 0.5) is 5.69 Å². The van der Waals surface area contributed by atoms with E-state index in [0.29, 0.717) is 6.42 Å². The molecule has 0 bridgehead atoms. The van der Waals surface area contributed by atoms with Crippen LogP contribution in [-0.2, 0) is 9.53 Å². The highest BCUT2D eigenvalue weighted by Gasteiger charge is 2.16. The van der Waals surface area contributed by atoms with Crippen molar-refractivity contribution in [2.24, 2.45) is 0 Å². The number of esters is 1. The highest BCUT2D eigenvalue weighted by molar-refractivity contribution is 5.79. The van der Waals surface area contributed by atoms with Crippen LogP contribution in [0.25, 0.3) is 0 Å². The van der Waals surface area contributed by atoms with E-state index in [1.165, 1.54) is 18.2 Å². The second-order valence-corrected chi connectivity index (χ2v) is 4.00. The summed E-state index contributed by atoms with van der Waals surface area (Å²) in [5.41, 5.74) is 3.33. The summed E-state index contributed by atoms with van der Waals surface area (Å²) < 4.78 is 4.73. The zero-order valence-electron chi connectivity index (χ0n) is 10.3. The average molecular weight is 221 g/mol.